The van der Waals surface area contributed by atoms with E-state index in [0.717, 1.165) is 42.1 Å². The molecule has 1 aliphatic heterocycles. The zero-order valence-corrected chi connectivity index (χ0v) is 16.4. The fourth-order valence-electron chi connectivity index (χ4n) is 3.77. The minimum Gasteiger partial charge on any atom is -0.492 e. The highest BCUT2D eigenvalue weighted by Crippen LogP contribution is 2.30. The van der Waals surface area contributed by atoms with E-state index in [1.54, 1.807) is 12.4 Å². The number of fused-ring (bicyclic) bond motifs is 1. The lowest BCUT2D eigenvalue weighted by molar-refractivity contribution is 0.218. The van der Waals surface area contributed by atoms with Gasteiger partial charge in [0.25, 0.3) is 0 Å². The Morgan fingerprint density at radius 2 is 2.00 bits per heavy atom. The van der Waals surface area contributed by atoms with Gasteiger partial charge < -0.3 is 9.84 Å². The molecule has 0 fully saturated rings. The van der Waals surface area contributed by atoms with Gasteiger partial charge in [-0.1, -0.05) is 35.9 Å². The Balaban J connectivity index is 1.56. The van der Waals surface area contributed by atoms with Crippen LogP contribution in [0.4, 0.5) is 0 Å². The molecule has 0 aliphatic carbocycles. The molecule has 1 atom stereocenters. The number of rotatable bonds is 4. The maximum Gasteiger partial charge on any atom is 0.123 e. The molecule has 4 nitrogen and oxygen atoms in total. The maximum absolute atomic E-state index is 10.7. The highest BCUT2D eigenvalue weighted by molar-refractivity contribution is 5.41. The Morgan fingerprint density at radius 3 is 2.79 bits per heavy atom. The maximum atomic E-state index is 10.7. The number of ether oxygens (including phenoxy) is 1. The van der Waals surface area contributed by atoms with E-state index in [1.165, 1.54) is 16.7 Å². The van der Waals surface area contributed by atoms with Crippen molar-refractivity contribution in [3.8, 4) is 5.75 Å². The van der Waals surface area contributed by atoms with Crippen LogP contribution in [0.15, 0.2) is 60.9 Å². The average molecular weight is 374 g/mol. The summed E-state index contributed by atoms with van der Waals surface area (Å²) in [6.07, 6.45) is 2.74. The molecule has 0 amide bonds. The van der Waals surface area contributed by atoms with Crippen LogP contribution in [0, 0.1) is 13.8 Å². The van der Waals surface area contributed by atoms with Gasteiger partial charge >= 0.3 is 0 Å². The van der Waals surface area contributed by atoms with Crippen LogP contribution in [0.3, 0.4) is 0 Å². The third kappa shape index (κ3) is 4.08. The highest BCUT2D eigenvalue weighted by Gasteiger charge is 2.19. The first-order chi connectivity index (χ1) is 13.6. The van der Waals surface area contributed by atoms with E-state index in [4.69, 9.17) is 4.74 Å². The molecule has 0 radical (unpaired) electrons. The van der Waals surface area contributed by atoms with Crippen molar-refractivity contribution in [2.45, 2.75) is 33.0 Å². The number of benzene rings is 2. The van der Waals surface area contributed by atoms with Gasteiger partial charge in [0.15, 0.2) is 0 Å². The van der Waals surface area contributed by atoms with Crippen LogP contribution in [0.5, 0.6) is 5.75 Å². The Hall–Kier alpha value is -2.69. The highest BCUT2D eigenvalue weighted by atomic mass is 16.5. The van der Waals surface area contributed by atoms with Crippen molar-refractivity contribution in [3.63, 3.8) is 0 Å². The standard InChI is InChI=1S/C24H26N2O2/c1-17-5-6-21(18(2)12-17)15-26-10-11-28-23-8-7-19(13-22(23)16-26)24(27)20-4-3-9-25-14-20/h3-9,12-14,24,27H,10-11,15-16H2,1-2H3. The van der Waals surface area contributed by atoms with Crippen molar-refractivity contribution in [2.24, 2.45) is 0 Å². The van der Waals surface area contributed by atoms with E-state index in [2.05, 4.69) is 48.0 Å². The van der Waals surface area contributed by atoms with Gasteiger partial charge in [0, 0.05) is 43.2 Å². The third-order valence-corrected chi connectivity index (χ3v) is 5.35. The largest absolute Gasteiger partial charge is 0.492 e. The van der Waals surface area contributed by atoms with Crippen LogP contribution in [-0.2, 0) is 13.1 Å². The molecule has 0 bridgehead atoms. The first-order valence-electron chi connectivity index (χ1n) is 9.72. The Morgan fingerprint density at radius 1 is 1.11 bits per heavy atom. The van der Waals surface area contributed by atoms with Crippen molar-refractivity contribution in [1.82, 2.24) is 9.88 Å². The summed E-state index contributed by atoms with van der Waals surface area (Å²) in [6, 6.07) is 16.4. The summed E-state index contributed by atoms with van der Waals surface area (Å²) in [5, 5.41) is 10.7. The average Bonchev–Trinajstić information content (AvgIpc) is 2.91. The second kappa shape index (κ2) is 8.13. The van der Waals surface area contributed by atoms with Gasteiger partial charge in [-0.15, -0.1) is 0 Å². The normalized spacial score (nSPS) is 15.4. The lowest BCUT2D eigenvalue weighted by Gasteiger charge is -2.21. The number of aliphatic hydroxyl groups is 1. The molecular formula is C24H26N2O2. The molecule has 3 aromatic rings. The molecule has 0 saturated carbocycles. The number of aromatic nitrogens is 1. The predicted octanol–water partition coefficient (Wildman–Crippen LogP) is 4.17. The van der Waals surface area contributed by atoms with Crippen molar-refractivity contribution in [1.29, 1.82) is 0 Å². The number of hydrogen-bond acceptors (Lipinski definition) is 4. The number of pyridine rings is 1. The van der Waals surface area contributed by atoms with E-state index in [-0.39, 0.29) is 0 Å². The van der Waals surface area contributed by atoms with Gasteiger partial charge in [-0.05, 0) is 48.7 Å². The molecular weight excluding hydrogens is 348 g/mol. The molecule has 0 saturated heterocycles. The minimum absolute atomic E-state index is 0.669. The molecule has 4 rings (SSSR count). The van der Waals surface area contributed by atoms with E-state index < -0.39 is 6.10 Å². The van der Waals surface area contributed by atoms with Gasteiger partial charge in [0.1, 0.15) is 18.5 Å². The minimum atomic E-state index is -0.685. The van der Waals surface area contributed by atoms with Crippen LogP contribution in [0.2, 0.25) is 0 Å². The lowest BCUT2D eigenvalue weighted by Crippen LogP contribution is -2.25. The van der Waals surface area contributed by atoms with E-state index in [9.17, 15) is 5.11 Å². The molecule has 1 aromatic heterocycles. The fraction of sp³-hybridized carbons (Fsp3) is 0.292. The lowest BCUT2D eigenvalue weighted by atomic mass is 10.00. The third-order valence-electron chi connectivity index (χ3n) is 5.35. The molecule has 28 heavy (non-hydrogen) atoms. The molecule has 2 aromatic carbocycles. The monoisotopic (exact) mass is 374 g/mol. The van der Waals surface area contributed by atoms with Crippen molar-refractivity contribution < 1.29 is 9.84 Å². The van der Waals surface area contributed by atoms with Crippen LogP contribution in [0.25, 0.3) is 0 Å². The smallest absolute Gasteiger partial charge is 0.123 e. The van der Waals surface area contributed by atoms with Crippen LogP contribution in [0.1, 0.15) is 39.5 Å². The summed E-state index contributed by atoms with van der Waals surface area (Å²) in [5.41, 5.74) is 6.74. The van der Waals surface area contributed by atoms with Crippen molar-refractivity contribution in [3.05, 3.63) is 94.3 Å². The molecule has 1 unspecified atom stereocenters. The number of aryl methyl sites for hydroxylation is 2. The summed E-state index contributed by atoms with van der Waals surface area (Å²) < 4.78 is 5.97. The second-order valence-electron chi connectivity index (χ2n) is 7.55. The topological polar surface area (TPSA) is 45.6 Å². The fourth-order valence-corrected chi connectivity index (χ4v) is 3.77. The van der Waals surface area contributed by atoms with E-state index in [0.29, 0.717) is 6.61 Å². The van der Waals surface area contributed by atoms with Gasteiger partial charge in [0.2, 0.25) is 0 Å². The Bertz CT molecular complexity index is 956. The van der Waals surface area contributed by atoms with Crippen molar-refractivity contribution in [2.75, 3.05) is 13.2 Å². The molecule has 0 spiro atoms. The Kier molecular flexibility index (Phi) is 5.42. The van der Waals surface area contributed by atoms with E-state index >= 15 is 0 Å². The predicted molar refractivity (Wildman–Crippen MR) is 110 cm³/mol. The first kappa shape index (κ1) is 18.7. The van der Waals surface area contributed by atoms with Gasteiger partial charge in [-0.2, -0.15) is 0 Å². The quantitative estimate of drug-likeness (QED) is 0.744. The Labute approximate surface area is 166 Å². The number of hydrogen-bond donors (Lipinski definition) is 1. The number of nitrogens with zero attached hydrogens (tertiary/aromatic N) is 2. The summed E-state index contributed by atoms with van der Waals surface area (Å²) >= 11 is 0. The van der Waals surface area contributed by atoms with Gasteiger partial charge in [0.05, 0.1) is 0 Å². The molecule has 2 heterocycles. The molecule has 1 N–H and O–H groups in total. The first-order valence-corrected chi connectivity index (χ1v) is 9.72. The summed E-state index contributed by atoms with van der Waals surface area (Å²) in [6.45, 7) is 7.54. The summed E-state index contributed by atoms with van der Waals surface area (Å²) in [4.78, 5) is 6.52. The van der Waals surface area contributed by atoms with Crippen LogP contribution in [-0.4, -0.2) is 28.1 Å². The zero-order valence-electron chi connectivity index (χ0n) is 16.4. The van der Waals surface area contributed by atoms with Crippen LogP contribution >= 0.6 is 0 Å². The van der Waals surface area contributed by atoms with Crippen molar-refractivity contribution >= 4 is 0 Å². The SMILES string of the molecule is Cc1ccc(CN2CCOc3ccc(C(O)c4cccnc4)cc3C2)c(C)c1. The summed E-state index contributed by atoms with van der Waals surface area (Å²) in [7, 11) is 0. The molecule has 4 heteroatoms. The van der Waals surface area contributed by atoms with Gasteiger partial charge in [-0.3, -0.25) is 9.88 Å². The summed E-state index contributed by atoms with van der Waals surface area (Å²) in [5.74, 6) is 0.908. The van der Waals surface area contributed by atoms with Crippen LogP contribution < -0.4 is 4.74 Å². The number of aliphatic hydroxyl groups excluding tert-OH is 1. The van der Waals surface area contributed by atoms with Gasteiger partial charge in [-0.25, -0.2) is 0 Å². The molecule has 144 valence electrons. The second-order valence-corrected chi connectivity index (χ2v) is 7.55. The van der Waals surface area contributed by atoms with E-state index in [1.807, 2.05) is 24.3 Å². The molecule has 1 aliphatic rings. The zero-order chi connectivity index (χ0) is 19.5.